The van der Waals surface area contributed by atoms with E-state index >= 15 is 0 Å². The van der Waals surface area contributed by atoms with Gasteiger partial charge >= 0.3 is 0 Å². The third-order valence-electron chi connectivity index (χ3n) is 5.17. The Balaban J connectivity index is 2.48. The van der Waals surface area contributed by atoms with Gasteiger partial charge in [0, 0.05) is 11.1 Å². The van der Waals surface area contributed by atoms with Crippen LogP contribution in [0.3, 0.4) is 0 Å². The molecule has 1 saturated heterocycles. The van der Waals surface area contributed by atoms with Gasteiger partial charge in [0.1, 0.15) is 11.6 Å². The molecule has 0 spiro atoms. The topological polar surface area (TPSA) is 29.3 Å². The van der Waals surface area contributed by atoms with Gasteiger partial charge in [-0.05, 0) is 57.3 Å². The SMILES string of the molecule is CCC(CC)(C(N)c1c(F)ccc(C)c1F)N1CCCC1. The van der Waals surface area contributed by atoms with Crippen LogP contribution in [0.2, 0.25) is 0 Å². The highest BCUT2D eigenvalue weighted by molar-refractivity contribution is 5.31. The zero-order valence-corrected chi connectivity index (χ0v) is 13.3. The van der Waals surface area contributed by atoms with E-state index in [0.29, 0.717) is 5.56 Å². The maximum absolute atomic E-state index is 14.5. The molecule has 1 aromatic rings. The largest absolute Gasteiger partial charge is 0.322 e. The molecule has 21 heavy (non-hydrogen) atoms. The van der Waals surface area contributed by atoms with Gasteiger partial charge in [0.05, 0.1) is 6.04 Å². The molecule has 0 saturated carbocycles. The summed E-state index contributed by atoms with van der Waals surface area (Å²) in [4.78, 5) is 2.33. The first-order chi connectivity index (χ1) is 9.97. The second-order valence-electron chi connectivity index (χ2n) is 6.07. The summed E-state index contributed by atoms with van der Waals surface area (Å²) >= 11 is 0. The molecule has 1 atom stereocenters. The molecule has 1 aliphatic heterocycles. The Morgan fingerprint density at radius 3 is 2.29 bits per heavy atom. The van der Waals surface area contributed by atoms with Gasteiger partial charge in [-0.15, -0.1) is 0 Å². The zero-order valence-electron chi connectivity index (χ0n) is 13.3. The lowest BCUT2D eigenvalue weighted by atomic mass is 9.79. The zero-order chi connectivity index (χ0) is 15.6. The Hall–Kier alpha value is -1.00. The van der Waals surface area contributed by atoms with E-state index in [-0.39, 0.29) is 11.1 Å². The highest BCUT2D eigenvalue weighted by Gasteiger charge is 2.43. The van der Waals surface area contributed by atoms with E-state index in [2.05, 4.69) is 18.7 Å². The van der Waals surface area contributed by atoms with Crippen molar-refractivity contribution in [3.63, 3.8) is 0 Å². The molecule has 2 N–H and O–H groups in total. The number of likely N-dealkylation sites (tertiary alicyclic amines) is 1. The number of aryl methyl sites for hydroxylation is 1. The number of halogens is 2. The van der Waals surface area contributed by atoms with Crippen LogP contribution in [0.4, 0.5) is 8.78 Å². The van der Waals surface area contributed by atoms with Crippen LogP contribution in [-0.2, 0) is 0 Å². The summed E-state index contributed by atoms with van der Waals surface area (Å²) in [7, 11) is 0. The summed E-state index contributed by atoms with van der Waals surface area (Å²) in [6.45, 7) is 7.70. The van der Waals surface area contributed by atoms with E-state index in [1.165, 1.54) is 12.1 Å². The van der Waals surface area contributed by atoms with Gasteiger partial charge in [0.2, 0.25) is 0 Å². The molecule has 1 unspecified atom stereocenters. The first-order valence-electron chi connectivity index (χ1n) is 7.93. The van der Waals surface area contributed by atoms with Crippen molar-refractivity contribution in [1.29, 1.82) is 0 Å². The Morgan fingerprint density at radius 2 is 1.76 bits per heavy atom. The quantitative estimate of drug-likeness (QED) is 0.892. The van der Waals surface area contributed by atoms with Crippen molar-refractivity contribution in [2.45, 2.75) is 58.0 Å². The predicted molar refractivity (Wildman–Crippen MR) is 82.1 cm³/mol. The average Bonchev–Trinajstić information content (AvgIpc) is 3.00. The van der Waals surface area contributed by atoms with E-state index < -0.39 is 17.7 Å². The number of nitrogens with two attached hydrogens (primary N) is 1. The van der Waals surface area contributed by atoms with Gasteiger partial charge in [-0.25, -0.2) is 8.78 Å². The van der Waals surface area contributed by atoms with Crippen LogP contribution in [0.5, 0.6) is 0 Å². The van der Waals surface area contributed by atoms with Crippen LogP contribution >= 0.6 is 0 Å². The van der Waals surface area contributed by atoms with Crippen molar-refractivity contribution in [2.24, 2.45) is 5.73 Å². The minimum absolute atomic E-state index is 0.0469. The molecule has 1 aromatic carbocycles. The molecule has 0 aromatic heterocycles. The van der Waals surface area contributed by atoms with Crippen molar-refractivity contribution in [2.75, 3.05) is 13.1 Å². The lowest BCUT2D eigenvalue weighted by molar-refractivity contribution is 0.0739. The minimum atomic E-state index is -0.648. The first kappa shape index (κ1) is 16.4. The summed E-state index contributed by atoms with van der Waals surface area (Å²) < 4.78 is 28.7. The number of rotatable bonds is 5. The Morgan fingerprint density at radius 1 is 1.19 bits per heavy atom. The number of hydrogen-bond acceptors (Lipinski definition) is 2. The summed E-state index contributed by atoms with van der Waals surface area (Å²) in [6.07, 6.45) is 3.84. The van der Waals surface area contributed by atoms with Gasteiger partial charge in [0.25, 0.3) is 0 Å². The molecule has 2 nitrogen and oxygen atoms in total. The minimum Gasteiger partial charge on any atom is -0.322 e. The van der Waals surface area contributed by atoms with Crippen molar-refractivity contribution in [3.8, 4) is 0 Å². The van der Waals surface area contributed by atoms with E-state index in [4.69, 9.17) is 5.73 Å². The van der Waals surface area contributed by atoms with Gasteiger partial charge in [-0.3, -0.25) is 4.90 Å². The number of nitrogens with zero attached hydrogens (tertiary/aromatic N) is 1. The van der Waals surface area contributed by atoms with Gasteiger partial charge in [-0.2, -0.15) is 0 Å². The Labute approximate surface area is 126 Å². The van der Waals surface area contributed by atoms with Crippen molar-refractivity contribution < 1.29 is 8.78 Å². The highest BCUT2D eigenvalue weighted by atomic mass is 19.1. The Kier molecular flexibility index (Phi) is 4.99. The first-order valence-corrected chi connectivity index (χ1v) is 7.93. The lowest BCUT2D eigenvalue weighted by Crippen LogP contribution is -2.54. The molecule has 1 fully saturated rings. The molecule has 118 valence electrons. The molecule has 2 rings (SSSR count). The standard InChI is InChI=1S/C17H26F2N2/c1-4-17(5-2,21-10-6-7-11-21)16(20)14-13(18)9-8-12(3)15(14)19/h8-9,16H,4-7,10-11,20H2,1-3H3. The third-order valence-corrected chi connectivity index (χ3v) is 5.17. The summed E-state index contributed by atoms with van der Waals surface area (Å²) in [5.41, 5.74) is 6.55. The van der Waals surface area contributed by atoms with E-state index in [0.717, 1.165) is 38.8 Å². The van der Waals surface area contributed by atoms with Crippen LogP contribution in [0.15, 0.2) is 12.1 Å². The number of hydrogen-bond donors (Lipinski definition) is 1. The highest BCUT2D eigenvalue weighted by Crippen LogP contribution is 2.39. The average molecular weight is 296 g/mol. The van der Waals surface area contributed by atoms with Crippen LogP contribution in [0.1, 0.15) is 56.7 Å². The van der Waals surface area contributed by atoms with Crippen molar-refractivity contribution in [3.05, 3.63) is 34.9 Å². The molecule has 1 heterocycles. The molecule has 0 aliphatic carbocycles. The summed E-state index contributed by atoms with van der Waals surface area (Å²) in [5, 5.41) is 0. The summed E-state index contributed by atoms with van der Waals surface area (Å²) in [6, 6.07) is 2.15. The third kappa shape index (κ3) is 2.71. The second kappa shape index (κ2) is 6.41. The fourth-order valence-electron chi connectivity index (χ4n) is 3.73. The maximum atomic E-state index is 14.5. The van der Waals surface area contributed by atoms with Crippen LogP contribution < -0.4 is 5.73 Å². The number of benzene rings is 1. The Bertz CT molecular complexity index is 492. The molecule has 4 heteroatoms. The van der Waals surface area contributed by atoms with Crippen LogP contribution in [0, 0.1) is 18.6 Å². The van der Waals surface area contributed by atoms with E-state index in [9.17, 15) is 8.78 Å². The maximum Gasteiger partial charge on any atom is 0.133 e. The van der Waals surface area contributed by atoms with Gasteiger partial charge in [-0.1, -0.05) is 19.9 Å². The molecule has 1 aliphatic rings. The predicted octanol–water partition coefficient (Wildman–Crippen LogP) is 3.93. The molecule has 0 bridgehead atoms. The van der Waals surface area contributed by atoms with Gasteiger partial charge < -0.3 is 5.73 Å². The van der Waals surface area contributed by atoms with Gasteiger partial charge in [0.15, 0.2) is 0 Å². The van der Waals surface area contributed by atoms with Crippen molar-refractivity contribution in [1.82, 2.24) is 4.90 Å². The fraction of sp³-hybridized carbons (Fsp3) is 0.647. The van der Waals surface area contributed by atoms with Crippen LogP contribution in [0.25, 0.3) is 0 Å². The molecule has 0 amide bonds. The monoisotopic (exact) mass is 296 g/mol. The second-order valence-corrected chi connectivity index (χ2v) is 6.07. The smallest absolute Gasteiger partial charge is 0.133 e. The molecular weight excluding hydrogens is 270 g/mol. The normalized spacial score (nSPS) is 18.2. The fourth-order valence-corrected chi connectivity index (χ4v) is 3.73. The lowest BCUT2D eigenvalue weighted by Gasteiger charge is -2.45. The van der Waals surface area contributed by atoms with Crippen LogP contribution in [-0.4, -0.2) is 23.5 Å². The molecular formula is C17H26F2N2. The van der Waals surface area contributed by atoms with Crippen molar-refractivity contribution >= 4 is 0 Å². The summed E-state index contributed by atoms with van der Waals surface area (Å²) in [5.74, 6) is -1.02. The van der Waals surface area contributed by atoms with E-state index in [1.54, 1.807) is 6.92 Å². The molecule has 0 radical (unpaired) electrons. The van der Waals surface area contributed by atoms with E-state index in [1.807, 2.05) is 0 Å².